The first kappa shape index (κ1) is 25.7. The summed E-state index contributed by atoms with van der Waals surface area (Å²) in [6, 6.07) is 0. The molecule has 0 bridgehead atoms. The van der Waals surface area contributed by atoms with E-state index in [1.807, 2.05) is 25.9 Å². The van der Waals surface area contributed by atoms with E-state index >= 15 is 0 Å². The van der Waals surface area contributed by atoms with E-state index < -0.39 is 0 Å². The monoisotopic (exact) mass is 361 g/mol. The van der Waals surface area contributed by atoms with Crippen LogP contribution in [0.4, 0.5) is 0 Å². The van der Waals surface area contributed by atoms with Gasteiger partial charge < -0.3 is 0 Å². The molecule has 0 aromatic rings. The maximum Gasteiger partial charge on any atom is 0.0537 e. The zero-order chi connectivity index (χ0) is 13.8. The Morgan fingerprint density at radius 2 is 1.00 bits per heavy atom. The van der Waals surface area contributed by atoms with E-state index in [-0.39, 0.29) is 0 Å². The van der Waals surface area contributed by atoms with Crippen LogP contribution in [0.1, 0.15) is 60.3 Å². The molecule has 0 N–H and O–H groups in total. The Labute approximate surface area is 122 Å². The zero-order valence-corrected chi connectivity index (χ0v) is 15.6. The molecule has 0 unspecified atom stereocenters. The van der Waals surface area contributed by atoms with Crippen LogP contribution in [0.5, 0.6) is 0 Å². The lowest BCUT2D eigenvalue weighted by atomic mass is 10.3. The average molecular weight is 363 g/mol. The highest BCUT2D eigenvalue weighted by atomic mass is 79.9. The molecule has 0 saturated carbocycles. The van der Waals surface area contributed by atoms with Crippen LogP contribution in [-0.2, 0) is 0 Å². The predicted octanol–water partition coefficient (Wildman–Crippen LogP) is 5.91. The van der Waals surface area contributed by atoms with Crippen molar-refractivity contribution in [2.75, 3.05) is 24.9 Å². The lowest BCUT2D eigenvalue weighted by molar-refractivity contribution is 0.490. The van der Waals surface area contributed by atoms with Crippen LogP contribution in [0.25, 0.3) is 0 Å². The number of hydrogen-bond donors (Lipinski definition) is 0. The summed E-state index contributed by atoms with van der Waals surface area (Å²) in [5.74, 6) is 0. The second kappa shape index (κ2) is 36.0. The smallest absolute Gasteiger partial charge is 0.0537 e. The topological polar surface area (TPSA) is 3.24 Å². The maximum absolute atomic E-state index is 3.24. The summed E-state index contributed by atoms with van der Waals surface area (Å²) in [7, 11) is 4.02. The molecular weight excluding hydrogens is 330 g/mol. The Balaban J connectivity index is -0.0000000621. The minimum Gasteiger partial charge on any atom is -0.300 e. The standard InChI is InChI=1S/C5H12.C3H8BrN.C3H8.C2H5Br/c1-3-5-4-2;1-5(2)3-4;1-3-2;1-2-3/h3-5H2,1-2H3;3H2,1-2H3;3H2,1-2H3;2H2,1H3. The molecule has 3 heteroatoms. The van der Waals surface area contributed by atoms with Crippen LogP contribution in [-0.4, -0.2) is 29.8 Å². The molecule has 0 aromatic heterocycles. The number of unbranched alkanes of at least 4 members (excludes halogenated alkanes) is 2. The molecule has 0 aliphatic rings. The Bertz CT molecular complexity index is 65.0. The minimum atomic E-state index is 0.951. The average Bonchev–Trinajstić information content (AvgIpc) is 2.22. The number of alkyl halides is 2. The van der Waals surface area contributed by atoms with Crippen molar-refractivity contribution in [2.24, 2.45) is 0 Å². The Hall–Kier alpha value is 0.920. The van der Waals surface area contributed by atoms with Gasteiger partial charge in [-0.15, -0.1) is 0 Å². The molecule has 16 heavy (non-hydrogen) atoms. The third-order valence-corrected chi connectivity index (χ3v) is 1.95. The molecular formula is C13H33Br2N. The van der Waals surface area contributed by atoms with Crippen molar-refractivity contribution in [2.45, 2.75) is 60.3 Å². The van der Waals surface area contributed by atoms with Crippen LogP contribution in [0.2, 0.25) is 0 Å². The van der Waals surface area contributed by atoms with E-state index in [9.17, 15) is 0 Å². The largest absolute Gasteiger partial charge is 0.300 e. The number of nitrogens with zero attached hydrogens (tertiary/aromatic N) is 1. The quantitative estimate of drug-likeness (QED) is 0.445. The van der Waals surface area contributed by atoms with Crippen molar-refractivity contribution in [3.63, 3.8) is 0 Å². The number of hydrogen-bond acceptors (Lipinski definition) is 1. The first-order valence-corrected chi connectivity index (χ1v) is 8.52. The summed E-state index contributed by atoms with van der Waals surface area (Å²) < 4.78 is 0. The fourth-order valence-corrected chi connectivity index (χ4v) is 0.354. The summed E-state index contributed by atoms with van der Waals surface area (Å²) in [6.07, 6.45) is 5.33. The zero-order valence-electron chi connectivity index (χ0n) is 12.4. The third kappa shape index (κ3) is 119. The molecule has 0 aromatic carbocycles. The molecule has 104 valence electrons. The fourth-order valence-electron chi connectivity index (χ4n) is 0.354. The van der Waals surface area contributed by atoms with E-state index in [2.05, 4.69) is 59.6 Å². The SMILES string of the molecule is CCBr.CCC.CCCCC.CN(C)CBr. The van der Waals surface area contributed by atoms with Crippen molar-refractivity contribution in [3.8, 4) is 0 Å². The van der Waals surface area contributed by atoms with Gasteiger partial charge in [-0.25, -0.2) is 0 Å². The van der Waals surface area contributed by atoms with E-state index in [1.165, 1.54) is 25.7 Å². The highest BCUT2D eigenvalue weighted by Gasteiger charge is 1.74. The first-order chi connectivity index (χ1) is 7.51. The lowest BCUT2D eigenvalue weighted by Crippen LogP contribution is -2.06. The molecule has 0 fully saturated rings. The summed E-state index contributed by atoms with van der Waals surface area (Å²) >= 11 is 6.39. The van der Waals surface area contributed by atoms with Crippen LogP contribution in [0, 0.1) is 0 Å². The highest BCUT2D eigenvalue weighted by Crippen LogP contribution is 1.88. The van der Waals surface area contributed by atoms with Gasteiger partial charge in [-0.3, -0.25) is 4.90 Å². The molecule has 0 atom stereocenters. The molecule has 1 nitrogen and oxygen atoms in total. The van der Waals surface area contributed by atoms with E-state index in [0.29, 0.717) is 0 Å². The Morgan fingerprint density at radius 3 is 1.00 bits per heavy atom. The number of rotatable bonds is 3. The number of halogens is 2. The molecule has 0 heterocycles. The molecule has 0 aliphatic heterocycles. The predicted molar refractivity (Wildman–Crippen MR) is 88.1 cm³/mol. The Morgan fingerprint density at radius 1 is 0.812 bits per heavy atom. The van der Waals surface area contributed by atoms with Crippen LogP contribution in [0.15, 0.2) is 0 Å². The van der Waals surface area contributed by atoms with Crippen LogP contribution in [0.3, 0.4) is 0 Å². The minimum absolute atomic E-state index is 0.951. The van der Waals surface area contributed by atoms with Crippen molar-refractivity contribution < 1.29 is 0 Å². The summed E-state index contributed by atoms with van der Waals surface area (Å²) in [4.78, 5) is 2.04. The van der Waals surface area contributed by atoms with E-state index in [0.717, 1.165) is 10.8 Å². The van der Waals surface area contributed by atoms with Gasteiger partial charge in [-0.05, 0) is 14.1 Å². The summed E-state index contributed by atoms with van der Waals surface area (Å²) in [5, 5.41) is 1.06. The van der Waals surface area contributed by atoms with Gasteiger partial charge >= 0.3 is 0 Å². The molecule has 0 aliphatic carbocycles. The van der Waals surface area contributed by atoms with Crippen molar-refractivity contribution in [3.05, 3.63) is 0 Å². The van der Waals surface area contributed by atoms with Gasteiger partial charge in [-0.1, -0.05) is 92.2 Å². The highest BCUT2D eigenvalue weighted by molar-refractivity contribution is 9.09. The molecule has 0 radical (unpaired) electrons. The fraction of sp³-hybridized carbons (Fsp3) is 1.00. The van der Waals surface area contributed by atoms with Gasteiger partial charge in [0.1, 0.15) is 0 Å². The van der Waals surface area contributed by atoms with Crippen LogP contribution >= 0.6 is 31.9 Å². The normalized spacial score (nSPS) is 7.88. The van der Waals surface area contributed by atoms with Gasteiger partial charge in [0.15, 0.2) is 0 Å². The molecule has 0 spiro atoms. The molecule has 0 saturated heterocycles. The van der Waals surface area contributed by atoms with Gasteiger partial charge in [0.25, 0.3) is 0 Å². The lowest BCUT2D eigenvalue weighted by Gasteiger charge is -1.98. The van der Waals surface area contributed by atoms with Crippen molar-refractivity contribution >= 4 is 31.9 Å². The molecule has 0 amide bonds. The summed E-state index contributed by atoms with van der Waals surface area (Å²) in [5.41, 5.74) is 0.951. The maximum atomic E-state index is 3.24. The third-order valence-electron chi connectivity index (χ3n) is 0.946. The molecule has 0 rings (SSSR count). The van der Waals surface area contributed by atoms with Gasteiger partial charge in [0.05, 0.1) is 5.45 Å². The van der Waals surface area contributed by atoms with Gasteiger partial charge in [0, 0.05) is 5.33 Å². The van der Waals surface area contributed by atoms with E-state index in [4.69, 9.17) is 0 Å². The van der Waals surface area contributed by atoms with E-state index in [1.54, 1.807) is 0 Å². The second-order valence-electron chi connectivity index (χ2n) is 3.53. The first-order valence-electron chi connectivity index (χ1n) is 6.28. The van der Waals surface area contributed by atoms with Crippen molar-refractivity contribution in [1.29, 1.82) is 0 Å². The second-order valence-corrected chi connectivity index (χ2v) is 5.15. The van der Waals surface area contributed by atoms with Crippen molar-refractivity contribution in [1.82, 2.24) is 4.90 Å². The van der Waals surface area contributed by atoms with Crippen LogP contribution < -0.4 is 0 Å². The van der Waals surface area contributed by atoms with Gasteiger partial charge in [-0.2, -0.15) is 0 Å². The Kier molecular flexibility index (Phi) is 57.8. The summed E-state index contributed by atoms with van der Waals surface area (Å²) in [6.45, 7) is 10.7. The van der Waals surface area contributed by atoms with Gasteiger partial charge in [0.2, 0.25) is 0 Å².